The number of anilines is 1. The molecule has 0 heterocycles. The monoisotopic (exact) mass is 519 g/mol. The number of hydrazone groups is 1. The lowest BCUT2D eigenvalue weighted by molar-refractivity contribution is 0.403. The maximum absolute atomic E-state index is 13.0. The van der Waals surface area contributed by atoms with Crippen LogP contribution >= 0.6 is 27.7 Å². The molecule has 0 saturated heterocycles. The Kier molecular flexibility index (Phi) is 8.00. The number of aryl methyl sites for hydroxylation is 1. The molecule has 6 nitrogen and oxygen atoms in total. The summed E-state index contributed by atoms with van der Waals surface area (Å²) in [6.07, 6.45) is 2.44. The van der Waals surface area contributed by atoms with E-state index in [-0.39, 0.29) is 10.6 Å². The number of nitrogens with two attached hydrogens (primary N) is 1. The summed E-state index contributed by atoms with van der Waals surface area (Å²) in [5.74, 6) is 6.25. The number of sulfonamides is 1. The van der Waals surface area contributed by atoms with Crippen LogP contribution in [0.1, 0.15) is 11.1 Å². The first-order chi connectivity index (χ1) is 14.9. The van der Waals surface area contributed by atoms with Crippen molar-refractivity contribution in [3.63, 3.8) is 0 Å². The maximum Gasteiger partial charge on any atom is 0.265 e. The third-order valence-corrected chi connectivity index (χ3v) is 7.35. The van der Waals surface area contributed by atoms with E-state index in [4.69, 9.17) is 10.6 Å². The molecule has 31 heavy (non-hydrogen) atoms. The van der Waals surface area contributed by atoms with E-state index in [0.29, 0.717) is 10.2 Å². The van der Waals surface area contributed by atoms with E-state index in [2.05, 4.69) is 25.8 Å². The predicted molar refractivity (Wildman–Crippen MR) is 131 cm³/mol. The van der Waals surface area contributed by atoms with Gasteiger partial charge >= 0.3 is 0 Å². The molecule has 3 rings (SSSR count). The van der Waals surface area contributed by atoms with Gasteiger partial charge in [-0.3, -0.25) is 4.72 Å². The van der Waals surface area contributed by atoms with Crippen LogP contribution in [0.2, 0.25) is 0 Å². The molecule has 0 atom stereocenters. The number of rotatable bonds is 9. The molecule has 0 spiro atoms. The number of nitrogens with zero attached hydrogens (tertiary/aromatic N) is 1. The average Bonchev–Trinajstić information content (AvgIpc) is 2.76. The molecular formula is C22H22BrN3O3S2. The number of hydrogen-bond acceptors (Lipinski definition) is 6. The van der Waals surface area contributed by atoms with Crippen molar-refractivity contribution < 1.29 is 13.2 Å². The molecule has 9 heteroatoms. The van der Waals surface area contributed by atoms with Crippen LogP contribution in [0.5, 0.6) is 5.75 Å². The smallest absolute Gasteiger partial charge is 0.265 e. The van der Waals surface area contributed by atoms with Gasteiger partial charge in [0.1, 0.15) is 10.6 Å². The van der Waals surface area contributed by atoms with Crippen molar-refractivity contribution in [1.82, 2.24) is 0 Å². The van der Waals surface area contributed by atoms with Crippen LogP contribution in [0.4, 0.5) is 5.69 Å². The first-order valence-electron chi connectivity index (χ1n) is 9.33. The zero-order chi connectivity index (χ0) is 22.3. The van der Waals surface area contributed by atoms with Crippen molar-refractivity contribution >= 4 is 49.6 Å². The lowest BCUT2D eigenvalue weighted by atomic mass is 10.1. The number of methoxy groups -OCH3 is 1. The second-order valence-electron chi connectivity index (χ2n) is 6.52. The maximum atomic E-state index is 13.0. The fourth-order valence-corrected chi connectivity index (χ4v) is 5.73. The number of para-hydroxylation sites is 1. The molecular weight excluding hydrogens is 498 g/mol. The number of ether oxygens (including phenoxy) is 1. The van der Waals surface area contributed by atoms with Gasteiger partial charge in [-0.2, -0.15) is 5.10 Å². The van der Waals surface area contributed by atoms with Crippen molar-refractivity contribution in [2.24, 2.45) is 10.9 Å². The summed E-state index contributed by atoms with van der Waals surface area (Å²) in [4.78, 5) is 0.928. The summed E-state index contributed by atoms with van der Waals surface area (Å²) in [6.45, 7) is 0. The van der Waals surface area contributed by atoms with Crippen LogP contribution in [0, 0.1) is 0 Å². The zero-order valence-electron chi connectivity index (χ0n) is 16.8. The second kappa shape index (κ2) is 10.7. The standard InChI is InChI=1S/C22H22BrN3O3S2/c1-29-20-11-10-18(23)14-22(20)31(27,28)26-19-4-2-3-5-21(19)30-13-12-16-6-8-17(9-7-16)15-25-24/h2-11,14-15,26H,12-13,24H2,1H3. The van der Waals surface area contributed by atoms with Crippen LogP contribution in [0.15, 0.2) is 86.1 Å². The second-order valence-corrected chi connectivity index (χ2v) is 10.2. The van der Waals surface area contributed by atoms with Crippen molar-refractivity contribution in [3.8, 4) is 5.75 Å². The Hall–Kier alpha value is -2.49. The minimum Gasteiger partial charge on any atom is -0.495 e. The summed E-state index contributed by atoms with van der Waals surface area (Å²) < 4.78 is 34.6. The largest absolute Gasteiger partial charge is 0.495 e. The Morgan fingerprint density at radius 2 is 1.87 bits per heavy atom. The van der Waals surface area contributed by atoms with E-state index >= 15 is 0 Å². The Labute approximate surface area is 195 Å². The SMILES string of the molecule is COc1ccc(Br)cc1S(=O)(=O)Nc1ccccc1SCCc1ccc(C=NN)cc1. The quantitative estimate of drug-likeness (QED) is 0.182. The van der Waals surface area contributed by atoms with Crippen molar-refractivity contribution in [1.29, 1.82) is 0 Å². The molecule has 0 fully saturated rings. The Morgan fingerprint density at radius 1 is 1.13 bits per heavy atom. The van der Waals surface area contributed by atoms with E-state index < -0.39 is 10.0 Å². The molecule has 0 aromatic heterocycles. The molecule has 3 aromatic rings. The van der Waals surface area contributed by atoms with Crippen LogP contribution in [0.25, 0.3) is 0 Å². The van der Waals surface area contributed by atoms with Gasteiger partial charge in [0.2, 0.25) is 0 Å². The van der Waals surface area contributed by atoms with Crippen LogP contribution in [-0.2, 0) is 16.4 Å². The van der Waals surface area contributed by atoms with Gasteiger partial charge in [0.25, 0.3) is 10.0 Å². The third-order valence-electron chi connectivity index (χ3n) is 4.40. The lowest BCUT2D eigenvalue weighted by Gasteiger charge is -2.14. The third kappa shape index (κ3) is 6.25. The van der Waals surface area contributed by atoms with Gasteiger partial charge in [-0.15, -0.1) is 11.8 Å². The lowest BCUT2D eigenvalue weighted by Crippen LogP contribution is -2.14. The van der Waals surface area contributed by atoms with Crippen LogP contribution in [-0.4, -0.2) is 27.5 Å². The van der Waals surface area contributed by atoms with Gasteiger partial charge in [0.15, 0.2) is 0 Å². The number of benzene rings is 3. The molecule has 0 bridgehead atoms. The number of halogens is 1. The minimum atomic E-state index is -3.83. The number of nitrogens with one attached hydrogen (secondary N) is 1. The minimum absolute atomic E-state index is 0.0743. The molecule has 0 saturated carbocycles. The molecule has 162 valence electrons. The average molecular weight is 520 g/mol. The first kappa shape index (κ1) is 23.2. The van der Waals surface area contributed by atoms with Crippen molar-refractivity contribution in [2.75, 3.05) is 17.6 Å². The molecule has 0 aliphatic rings. The topological polar surface area (TPSA) is 93.8 Å². The summed E-state index contributed by atoms with van der Waals surface area (Å²) in [5.41, 5.74) is 2.66. The highest BCUT2D eigenvalue weighted by atomic mass is 79.9. The van der Waals surface area contributed by atoms with E-state index in [9.17, 15) is 8.42 Å². The van der Waals surface area contributed by atoms with Crippen molar-refractivity contribution in [2.45, 2.75) is 16.2 Å². The molecule has 0 aliphatic heterocycles. The normalized spacial score (nSPS) is 11.5. The highest BCUT2D eigenvalue weighted by molar-refractivity contribution is 9.10. The van der Waals surface area contributed by atoms with Gasteiger partial charge in [-0.25, -0.2) is 8.42 Å². The highest BCUT2D eigenvalue weighted by Gasteiger charge is 2.21. The van der Waals surface area contributed by atoms with E-state index in [1.54, 1.807) is 42.2 Å². The Morgan fingerprint density at radius 3 is 2.58 bits per heavy atom. The molecule has 0 amide bonds. The van der Waals surface area contributed by atoms with E-state index in [1.807, 2.05) is 36.4 Å². The van der Waals surface area contributed by atoms with E-state index in [1.165, 1.54) is 18.7 Å². The number of thioether (sulfide) groups is 1. The summed E-state index contributed by atoms with van der Waals surface area (Å²) >= 11 is 4.91. The highest BCUT2D eigenvalue weighted by Crippen LogP contribution is 2.32. The zero-order valence-corrected chi connectivity index (χ0v) is 20.0. The van der Waals surface area contributed by atoms with Gasteiger partial charge in [0, 0.05) is 15.1 Å². The van der Waals surface area contributed by atoms with Gasteiger partial charge in [-0.1, -0.05) is 52.3 Å². The first-order valence-corrected chi connectivity index (χ1v) is 12.6. The van der Waals surface area contributed by atoms with Crippen LogP contribution < -0.4 is 15.3 Å². The van der Waals surface area contributed by atoms with E-state index in [0.717, 1.165) is 22.6 Å². The number of hydrogen-bond donors (Lipinski definition) is 2. The Balaban J connectivity index is 1.72. The summed E-state index contributed by atoms with van der Waals surface area (Å²) in [5, 5.41) is 3.52. The van der Waals surface area contributed by atoms with Gasteiger partial charge in [-0.05, 0) is 47.9 Å². The van der Waals surface area contributed by atoms with Gasteiger partial charge in [0.05, 0.1) is 19.0 Å². The molecule has 3 aromatic carbocycles. The molecule has 3 N–H and O–H groups in total. The molecule has 0 radical (unpaired) electrons. The predicted octanol–water partition coefficient (Wildman–Crippen LogP) is 4.89. The van der Waals surface area contributed by atoms with Crippen LogP contribution in [0.3, 0.4) is 0 Å². The fraction of sp³-hybridized carbons (Fsp3) is 0.136. The molecule has 0 aliphatic carbocycles. The fourth-order valence-electron chi connectivity index (χ4n) is 2.87. The summed E-state index contributed by atoms with van der Waals surface area (Å²) in [7, 11) is -2.38. The van der Waals surface area contributed by atoms with Crippen molar-refractivity contribution in [3.05, 3.63) is 82.3 Å². The molecule has 0 unspecified atom stereocenters. The van der Waals surface area contributed by atoms with Gasteiger partial charge < -0.3 is 10.6 Å². The Bertz CT molecular complexity index is 1170. The summed E-state index contributed by atoms with van der Waals surface area (Å²) in [6, 6.07) is 20.2.